The van der Waals surface area contributed by atoms with Crippen LogP contribution in [0.1, 0.15) is 23.0 Å². The Labute approximate surface area is 149 Å². The van der Waals surface area contributed by atoms with Crippen molar-refractivity contribution < 1.29 is 9.53 Å². The fourth-order valence-electron chi connectivity index (χ4n) is 3.29. The van der Waals surface area contributed by atoms with E-state index in [9.17, 15) is 4.79 Å². The van der Waals surface area contributed by atoms with Crippen molar-refractivity contribution in [2.24, 2.45) is 0 Å². The number of carbonyl (C=O) groups is 1. The van der Waals surface area contributed by atoms with Gasteiger partial charge in [0.1, 0.15) is 5.75 Å². The molecule has 0 unspecified atom stereocenters. The molecule has 1 aliphatic heterocycles. The number of aromatic nitrogens is 2. The molecule has 0 aliphatic carbocycles. The highest BCUT2D eigenvalue weighted by Gasteiger charge is 2.31. The molecule has 1 aromatic carbocycles. The lowest BCUT2D eigenvalue weighted by Gasteiger charge is -2.39. The van der Waals surface area contributed by atoms with Crippen LogP contribution in [0.3, 0.4) is 0 Å². The minimum atomic E-state index is 0.134. The fourth-order valence-corrected chi connectivity index (χ4v) is 3.29. The van der Waals surface area contributed by atoms with Gasteiger partial charge in [0.25, 0.3) is 0 Å². The number of likely N-dealkylation sites (tertiary alicyclic amines) is 1. The predicted octanol–water partition coefficient (Wildman–Crippen LogP) is 2.02. The standard InChI is InChI=1S/C19H26N4O2/c1-14-8-15(2)23(20-14)17-11-22(12-17)13-19(24)21(3)10-16-6-5-7-18(9-16)25-4/h5-9,17H,10-13H2,1-4H3. The first kappa shape index (κ1) is 17.5. The van der Waals surface area contributed by atoms with Crippen molar-refractivity contribution in [1.29, 1.82) is 0 Å². The van der Waals surface area contributed by atoms with Crippen LogP contribution in [0.4, 0.5) is 0 Å². The van der Waals surface area contributed by atoms with Gasteiger partial charge in [0.15, 0.2) is 0 Å². The third-order valence-electron chi connectivity index (χ3n) is 4.67. The lowest BCUT2D eigenvalue weighted by Crippen LogP contribution is -2.52. The van der Waals surface area contributed by atoms with Gasteiger partial charge in [0, 0.05) is 32.4 Å². The second-order valence-corrected chi connectivity index (χ2v) is 6.82. The number of nitrogens with zero attached hydrogens (tertiary/aromatic N) is 4. The summed E-state index contributed by atoms with van der Waals surface area (Å²) < 4.78 is 7.31. The number of carbonyl (C=O) groups excluding carboxylic acids is 1. The monoisotopic (exact) mass is 342 g/mol. The molecule has 1 aromatic heterocycles. The maximum atomic E-state index is 12.4. The molecular weight excluding hydrogens is 316 g/mol. The van der Waals surface area contributed by atoms with E-state index in [0.717, 1.165) is 30.1 Å². The van der Waals surface area contributed by atoms with E-state index in [4.69, 9.17) is 4.74 Å². The summed E-state index contributed by atoms with van der Waals surface area (Å²) in [6.07, 6.45) is 0. The summed E-state index contributed by atoms with van der Waals surface area (Å²) in [5.74, 6) is 0.948. The number of methoxy groups -OCH3 is 1. The molecule has 1 fully saturated rings. The topological polar surface area (TPSA) is 50.6 Å². The zero-order valence-corrected chi connectivity index (χ0v) is 15.4. The van der Waals surface area contributed by atoms with Gasteiger partial charge < -0.3 is 9.64 Å². The van der Waals surface area contributed by atoms with Crippen LogP contribution in [0.5, 0.6) is 5.75 Å². The van der Waals surface area contributed by atoms with Gasteiger partial charge >= 0.3 is 0 Å². The minimum Gasteiger partial charge on any atom is -0.497 e. The molecule has 1 saturated heterocycles. The normalized spacial score (nSPS) is 15.0. The Morgan fingerprint density at radius 3 is 2.72 bits per heavy atom. The predicted molar refractivity (Wildman–Crippen MR) is 96.6 cm³/mol. The zero-order chi connectivity index (χ0) is 18.0. The van der Waals surface area contributed by atoms with Crippen LogP contribution in [0.2, 0.25) is 0 Å². The highest BCUT2D eigenvalue weighted by molar-refractivity contribution is 5.78. The molecule has 0 bridgehead atoms. The molecule has 1 amide bonds. The highest BCUT2D eigenvalue weighted by atomic mass is 16.5. The van der Waals surface area contributed by atoms with Crippen molar-refractivity contribution in [2.45, 2.75) is 26.4 Å². The molecule has 2 aromatic rings. The molecule has 134 valence electrons. The van der Waals surface area contributed by atoms with Crippen molar-refractivity contribution in [2.75, 3.05) is 33.8 Å². The van der Waals surface area contributed by atoms with E-state index in [2.05, 4.69) is 27.7 Å². The van der Waals surface area contributed by atoms with Crippen molar-refractivity contribution in [3.63, 3.8) is 0 Å². The van der Waals surface area contributed by atoms with Crippen LogP contribution in [0.15, 0.2) is 30.3 Å². The number of likely N-dealkylation sites (N-methyl/N-ethyl adjacent to an activating group) is 1. The Kier molecular flexibility index (Phi) is 5.08. The van der Waals surface area contributed by atoms with Gasteiger partial charge in [-0.2, -0.15) is 5.10 Å². The molecule has 6 heteroatoms. The molecular formula is C19H26N4O2. The van der Waals surface area contributed by atoms with Gasteiger partial charge in [-0.1, -0.05) is 12.1 Å². The van der Waals surface area contributed by atoms with E-state index in [1.807, 2.05) is 38.2 Å². The zero-order valence-electron chi connectivity index (χ0n) is 15.4. The first-order chi connectivity index (χ1) is 12.0. The average molecular weight is 342 g/mol. The molecule has 0 radical (unpaired) electrons. The number of amides is 1. The van der Waals surface area contributed by atoms with Crippen molar-refractivity contribution in [3.8, 4) is 5.75 Å². The minimum absolute atomic E-state index is 0.134. The third kappa shape index (κ3) is 4.02. The molecule has 25 heavy (non-hydrogen) atoms. The van der Waals surface area contributed by atoms with Crippen LogP contribution < -0.4 is 4.74 Å². The van der Waals surface area contributed by atoms with Crippen LogP contribution >= 0.6 is 0 Å². The summed E-state index contributed by atoms with van der Waals surface area (Å²) >= 11 is 0. The maximum Gasteiger partial charge on any atom is 0.236 e. The smallest absolute Gasteiger partial charge is 0.236 e. The molecule has 3 rings (SSSR count). The Bertz CT molecular complexity index is 750. The molecule has 0 saturated carbocycles. The first-order valence-electron chi connectivity index (χ1n) is 8.58. The molecule has 0 atom stereocenters. The van der Waals surface area contributed by atoms with Crippen molar-refractivity contribution in [3.05, 3.63) is 47.3 Å². The second kappa shape index (κ2) is 7.27. The Morgan fingerprint density at radius 2 is 2.08 bits per heavy atom. The summed E-state index contributed by atoms with van der Waals surface area (Å²) in [6, 6.07) is 10.3. The SMILES string of the molecule is COc1cccc(CN(C)C(=O)CN2CC(n3nc(C)cc3C)C2)c1. The number of hydrogen-bond donors (Lipinski definition) is 0. The number of hydrogen-bond acceptors (Lipinski definition) is 4. The van der Waals surface area contributed by atoms with E-state index >= 15 is 0 Å². The summed E-state index contributed by atoms with van der Waals surface area (Å²) in [7, 11) is 3.50. The van der Waals surface area contributed by atoms with Crippen LogP contribution in [0.25, 0.3) is 0 Å². The number of rotatable bonds is 6. The molecule has 1 aliphatic rings. The lowest BCUT2D eigenvalue weighted by atomic mass is 10.1. The maximum absolute atomic E-state index is 12.4. The van der Waals surface area contributed by atoms with Gasteiger partial charge in [-0.15, -0.1) is 0 Å². The van der Waals surface area contributed by atoms with E-state index in [-0.39, 0.29) is 5.91 Å². The van der Waals surface area contributed by atoms with Gasteiger partial charge in [-0.05, 0) is 37.6 Å². The van der Waals surface area contributed by atoms with Crippen LogP contribution in [-0.2, 0) is 11.3 Å². The Balaban J connectivity index is 1.49. The number of aryl methyl sites for hydroxylation is 2. The molecule has 2 heterocycles. The lowest BCUT2D eigenvalue weighted by molar-refractivity contribution is -0.133. The van der Waals surface area contributed by atoms with Gasteiger partial charge in [-0.3, -0.25) is 14.4 Å². The van der Waals surface area contributed by atoms with Crippen LogP contribution in [-0.4, -0.2) is 59.3 Å². The molecule has 6 nitrogen and oxygen atoms in total. The Hall–Kier alpha value is -2.34. The first-order valence-corrected chi connectivity index (χ1v) is 8.58. The second-order valence-electron chi connectivity index (χ2n) is 6.82. The molecule has 0 spiro atoms. The summed E-state index contributed by atoms with van der Waals surface area (Å²) in [5.41, 5.74) is 3.30. The van der Waals surface area contributed by atoms with Gasteiger partial charge in [0.2, 0.25) is 5.91 Å². The third-order valence-corrected chi connectivity index (χ3v) is 4.67. The fraction of sp³-hybridized carbons (Fsp3) is 0.474. The van der Waals surface area contributed by atoms with Crippen molar-refractivity contribution in [1.82, 2.24) is 19.6 Å². The van der Waals surface area contributed by atoms with E-state index in [1.165, 1.54) is 5.69 Å². The quantitative estimate of drug-likeness (QED) is 0.806. The Morgan fingerprint density at radius 1 is 1.32 bits per heavy atom. The summed E-state index contributed by atoms with van der Waals surface area (Å²) in [4.78, 5) is 16.4. The van der Waals surface area contributed by atoms with E-state index in [0.29, 0.717) is 19.1 Å². The van der Waals surface area contributed by atoms with Gasteiger partial charge in [-0.25, -0.2) is 0 Å². The largest absolute Gasteiger partial charge is 0.497 e. The van der Waals surface area contributed by atoms with Gasteiger partial charge in [0.05, 0.1) is 25.4 Å². The number of benzene rings is 1. The number of ether oxygens (including phenoxy) is 1. The van der Waals surface area contributed by atoms with Crippen molar-refractivity contribution >= 4 is 5.91 Å². The average Bonchev–Trinajstić information content (AvgIpc) is 2.88. The van der Waals surface area contributed by atoms with Crippen LogP contribution in [0, 0.1) is 13.8 Å². The van der Waals surface area contributed by atoms with E-state index in [1.54, 1.807) is 12.0 Å². The summed E-state index contributed by atoms with van der Waals surface area (Å²) in [5, 5.41) is 4.54. The highest BCUT2D eigenvalue weighted by Crippen LogP contribution is 2.22. The van der Waals surface area contributed by atoms with E-state index < -0.39 is 0 Å². The summed E-state index contributed by atoms with van der Waals surface area (Å²) in [6.45, 7) is 6.88. The molecule has 0 N–H and O–H groups in total.